The first kappa shape index (κ1) is 13.8. The summed E-state index contributed by atoms with van der Waals surface area (Å²) in [5.74, 6) is -0.313. The minimum atomic E-state index is -0.313. The van der Waals surface area contributed by atoms with Gasteiger partial charge >= 0.3 is 5.97 Å². The molecular weight excluding hydrogens is 262 g/mol. The molecule has 0 aliphatic rings. The van der Waals surface area contributed by atoms with Crippen LogP contribution in [0.25, 0.3) is 10.1 Å². The highest BCUT2D eigenvalue weighted by atomic mass is 32.1. The van der Waals surface area contributed by atoms with Crippen molar-refractivity contribution >= 4 is 33.1 Å². The van der Waals surface area contributed by atoms with E-state index in [-0.39, 0.29) is 18.7 Å². The topological polar surface area (TPSA) is 61.5 Å². The maximum atomic E-state index is 11.8. The highest BCUT2D eigenvalue weighted by molar-refractivity contribution is 7.20. The van der Waals surface area contributed by atoms with Crippen LogP contribution in [0.4, 0.5) is 5.69 Å². The molecule has 1 aromatic heterocycles. The molecule has 0 aliphatic heterocycles. The molecule has 1 heterocycles. The Labute approximate surface area is 116 Å². The van der Waals surface area contributed by atoms with Crippen molar-refractivity contribution in [2.45, 2.75) is 20.0 Å². The number of carbonyl (C=O) groups is 1. The van der Waals surface area contributed by atoms with Gasteiger partial charge in [-0.1, -0.05) is 0 Å². The number of nitrogens with two attached hydrogens (primary N) is 1. The fourth-order valence-corrected chi connectivity index (χ4v) is 2.59. The zero-order valence-corrected chi connectivity index (χ0v) is 11.8. The summed E-state index contributed by atoms with van der Waals surface area (Å²) in [6.45, 7) is 4.57. The van der Waals surface area contributed by atoms with Gasteiger partial charge in [0.15, 0.2) is 0 Å². The molecule has 102 valence electrons. The number of nitrogen functional groups attached to an aromatic ring is 1. The van der Waals surface area contributed by atoms with Gasteiger partial charge in [0.05, 0.1) is 12.7 Å². The van der Waals surface area contributed by atoms with E-state index in [0.717, 1.165) is 10.1 Å². The quantitative estimate of drug-likeness (QED) is 0.519. The van der Waals surface area contributed by atoms with Crippen molar-refractivity contribution in [3.63, 3.8) is 0 Å². The van der Waals surface area contributed by atoms with Gasteiger partial charge in [-0.3, -0.25) is 0 Å². The van der Waals surface area contributed by atoms with Crippen molar-refractivity contribution in [1.82, 2.24) is 0 Å². The molecule has 0 fully saturated rings. The van der Waals surface area contributed by atoms with Crippen LogP contribution < -0.4 is 5.73 Å². The fraction of sp³-hybridized carbons (Fsp3) is 0.357. The van der Waals surface area contributed by atoms with Gasteiger partial charge in [-0.25, -0.2) is 4.79 Å². The van der Waals surface area contributed by atoms with Crippen molar-refractivity contribution in [3.8, 4) is 0 Å². The average molecular weight is 279 g/mol. The van der Waals surface area contributed by atoms with Gasteiger partial charge in [0.25, 0.3) is 0 Å². The van der Waals surface area contributed by atoms with E-state index in [2.05, 4.69) is 0 Å². The lowest BCUT2D eigenvalue weighted by Crippen LogP contribution is -2.12. The first-order chi connectivity index (χ1) is 9.06. The molecule has 2 rings (SSSR count). The van der Waals surface area contributed by atoms with Crippen LogP contribution in [0.2, 0.25) is 0 Å². The minimum absolute atomic E-state index is 0.144. The summed E-state index contributed by atoms with van der Waals surface area (Å²) in [4.78, 5) is 12.4. The molecule has 0 unspecified atom stereocenters. The van der Waals surface area contributed by atoms with Gasteiger partial charge in [-0.15, -0.1) is 11.3 Å². The normalized spacial score (nSPS) is 11.1. The standard InChI is InChI=1S/C14H17NO3S/c1-9(2)17-5-6-18-14(16)13-8-10-7-11(15)3-4-12(10)19-13/h3-4,7-9H,5-6,15H2,1-2H3. The van der Waals surface area contributed by atoms with Gasteiger partial charge in [-0.2, -0.15) is 0 Å². The summed E-state index contributed by atoms with van der Waals surface area (Å²) in [5.41, 5.74) is 6.40. The molecular formula is C14H17NO3S. The van der Waals surface area contributed by atoms with E-state index >= 15 is 0 Å². The lowest BCUT2D eigenvalue weighted by molar-refractivity contribution is 0.0180. The number of fused-ring (bicyclic) bond motifs is 1. The lowest BCUT2D eigenvalue weighted by Gasteiger charge is -2.07. The number of hydrogen-bond donors (Lipinski definition) is 1. The Bertz CT molecular complexity index is 577. The number of rotatable bonds is 5. The number of hydrogen-bond acceptors (Lipinski definition) is 5. The summed E-state index contributed by atoms with van der Waals surface area (Å²) in [5, 5.41) is 0.968. The summed E-state index contributed by atoms with van der Waals surface area (Å²) in [6.07, 6.45) is 0.144. The Morgan fingerprint density at radius 3 is 2.84 bits per heavy atom. The Morgan fingerprint density at radius 1 is 1.32 bits per heavy atom. The van der Waals surface area contributed by atoms with Crippen LogP contribution >= 0.6 is 11.3 Å². The Balaban J connectivity index is 1.97. The second-order valence-electron chi connectivity index (χ2n) is 4.46. The Kier molecular flexibility index (Phi) is 4.39. The first-order valence-electron chi connectivity index (χ1n) is 6.14. The number of thiophene rings is 1. The van der Waals surface area contributed by atoms with Gasteiger partial charge in [0.1, 0.15) is 11.5 Å². The van der Waals surface area contributed by atoms with E-state index in [0.29, 0.717) is 17.2 Å². The van der Waals surface area contributed by atoms with Gasteiger partial charge < -0.3 is 15.2 Å². The molecule has 0 saturated heterocycles. The van der Waals surface area contributed by atoms with Crippen molar-refractivity contribution in [3.05, 3.63) is 29.1 Å². The SMILES string of the molecule is CC(C)OCCOC(=O)c1cc2cc(N)ccc2s1. The molecule has 1 aromatic carbocycles. The first-order valence-corrected chi connectivity index (χ1v) is 6.95. The molecule has 5 heteroatoms. The molecule has 0 amide bonds. The number of benzene rings is 1. The predicted octanol–water partition coefficient (Wildman–Crippen LogP) is 3.07. The van der Waals surface area contributed by atoms with Gasteiger partial charge in [-0.05, 0) is 43.5 Å². The van der Waals surface area contributed by atoms with Crippen LogP contribution in [0.5, 0.6) is 0 Å². The monoisotopic (exact) mass is 279 g/mol. The molecule has 2 N–H and O–H groups in total. The molecule has 0 saturated carbocycles. The smallest absolute Gasteiger partial charge is 0.348 e. The highest BCUT2D eigenvalue weighted by Crippen LogP contribution is 2.27. The molecule has 0 spiro atoms. The van der Waals surface area contributed by atoms with Crippen LogP contribution in [-0.4, -0.2) is 25.3 Å². The minimum Gasteiger partial charge on any atom is -0.459 e. The maximum Gasteiger partial charge on any atom is 0.348 e. The van der Waals surface area contributed by atoms with Crippen molar-refractivity contribution < 1.29 is 14.3 Å². The van der Waals surface area contributed by atoms with Crippen LogP contribution in [0, 0.1) is 0 Å². The van der Waals surface area contributed by atoms with Crippen LogP contribution in [-0.2, 0) is 9.47 Å². The summed E-state index contributed by atoms with van der Waals surface area (Å²) in [7, 11) is 0. The van der Waals surface area contributed by atoms with E-state index in [1.54, 1.807) is 0 Å². The van der Waals surface area contributed by atoms with E-state index in [4.69, 9.17) is 15.2 Å². The van der Waals surface area contributed by atoms with Gasteiger partial charge in [0, 0.05) is 10.4 Å². The average Bonchev–Trinajstić information content (AvgIpc) is 2.77. The second kappa shape index (κ2) is 6.04. The van der Waals surface area contributed by atoms with Crippen LogP contribution in [0.1, 0.15) is 23.5 Å². The third kappa shape index (κ3) is 3.68. The molecule has 2 aromatic rings. The van der Waals surface area contributed by atoms with Crippen molar-refractivity contribution in [1.29, 1.82) is 0 Å². The zero-order valence-electron chi connectivity index (χ0n) is 11.0. The predicted molar refractivity (Wildman–Crippen MR) is 77.6 cm³/mol. The highest BCUT2D eigenvalue weighted by Gasteiger charge is 2.11. The third-order valence-corrected chi connectivity index (χ3v) is 3.61. The molecule has 0 radical (unpaired) electrons. The summed E-state index contributed by atoms with van der Waals surface area (Å²) in [6, 6.07) is 7.39. The Hall–Kier alpha value is -1.59. The number of esters is 1. The zero-order chi connectivity index (χ0) is 13.8. The van der Waals surface area contributed by atoms with Crippen molar-refractivity contribution in [2.75, 3.05) is 18.9 Å². The maximum absolute atomic E-state index is 11.8. The molecule has 4 nitrogen and oxygen atoms in total. The number of carbonyl (C=O) groups excluding carboxylic acids is 1. The van der Waals surface area contributed by atoms with E-state index in [1.807, 2.05) is 38.1 Å². The van der Waals surface area contributed by atoms with E-state index < -0.39 is 0 Å². The summed E-state index contributed by atoms with van der Waals surface area (Å²) < 4.78 is 11.5. The lowest BCUT2D eigenvalue weighted by atomic mass is 10.2. The fourth-order valence-electron chi connectivity index (χ4n) is 1.65. The third-order valence-electron chi connectivity index (χ3n) is 2.51. The summed E-state index contributed by atoms with van der Waals surface area (Å²) >= 11 is 1.41. The number of anilines is 1. The van der Waals surface area contributed by atoms with E-state index in [9.17, 15) is 4.79 Å². The largest absolute Gasteiger partial charge is 0.459 e. The Morgan fingerprint density at radius 2 is 2.11 bits per heavy atom. The number of ether oxygens (including phenoxy) is 2. The van der Waals surface area contributed by atoms with Crippen molar-refractivity contribution in [2.24, 2.45) is 0 Å². The molecule has 0 atom stereocenters. The second-order valence-corrected chi connectivity index (χ2v) is 5.55. The molecule has 0 aliphatic carbocycles. The molecule has 19 heavy (non-hydrogen) atoms. The van der Waals surface area contributed by atoms with E-state index in [1.165, 1.54) is 11.3 Å². The van der Waals surface area contributed by atoms with Crippen LogP contribution in [0.3, 0.4) is 0 Å². The van der Waals surface area contributed by atoms with Gasteiger partial charge in [0.2, 0.25) is 0 Å². The molecule has 0 bridgehead atoms. The van der Waals surface area contributed by atoms with Crippen LogP contribution in [0.15, 0.2) is 24.3 Å².